The van der Waals surface area contributed by atoms with E-state index in [1.807, 2.05) is 17.9 Å². The van der Waals surface area contributed by atoms with Crippen molar-refractivity contribution < 1.29 is 0 Å². The lowest BCUT2D eigenvalue weighted by molar-refractivity contribution is 0.288. The minimum atomic E-state index is 0.328. The van der Waals surface area contributed by atoms with Gasteiger partial charge in [-0.2, -0.15) is 5.10 Å². The minimum Gasteiger partial charge on any atom is -0.311 e. The van der Waals surface area contributed by atoms with Crippen LogP contribution in [-0.2, 0) is 13.5 Å². The average molecular weight is 235 g/mol. The van der Waals surface area contributed by atoms with Crippen molar-refractivity contribution in [1.82, 2.24) is 15.1 Å². The quantitative estimate of drug-likeness (QED) is 0.869. The van der Waals surface area contributed by atoms with Gasteiger partial charge in [0.15, 0.2) is 0 Å². The number of rotatable bonds is 4. The maximum absolute atomic E-state index is 4.29. The first-order chi connectivity index (χ1) is 8.24. The summed E-state index contributed by atoms with van der Waals surface area (Å²) in [5.74, 6) is 0. The molecule has 2 rings (SSSR count). The van der Waals surface area contributed by atoms with E-state index in [9.17, 15) is 0 Å². The van der Waals surface area contributed by atoms with Crippen LogP contribution in [0.25, 0.3) is 0 Å². The van der Waals surface area contributed by atoms with Crippen LogP contribution in [0.1, 0.15) is 51.0 Å². The van der Waals surface area contributed by atoms with Crippen LogP contribution in [0.4, 0.5) is 0 Å². The molecule has 0 spiro atoms. The Kier molecular flexibility index (Phi) is 4.21. The second-order valence-electron chi connectivity index (χ2n) is 5.47. The highest BCUT2D eigenvalue weighted by Crippen LogP contribution is 2.27. The number of hydrogen-bond donors (Lipinski definition) is 1. The Bertz CT molecular complexity index is 335. The molecule has 1 fully saturated rings. The number of nitrogens with zero attached hydrogens (tertiary/aromatic N) is 2. The predicted molar refractivity (Wildman–Crippen MR) is 71.0 cm³/mol. The van der Waals surface area contributed by atoms with E-state index in [0.717, 1.165) is 6.42 Å². The van der Waals surface area contributed by atoms with Gasteiger partial charge in [-0.15, -0.1) is 0 Å². The third-order valence-corrected chi connectivity index (χ3v) is 3.86. The highest BCUT2D eigenvalue weighted by Gasteiger charge is 2.30. The first kappa shape index (κ1) is 12.6. The molecule has 1 unspecified atom stereocenters. The Hall–Kier alpha value is -0.830. The van der Waals surface area contributed by atoms with Crippen molar-refractivity contribution in [3.8, 4) is 0 Å². The average Bonchev–Trinajstić information content (AvgIpc) is 2.57. The summed E-state index contributed by atoms with van der Waals surface area (Å²) in [6.07, 6.45) is 13.2. The first-order valence-corrected chi connectivity index (χ1v) is 6.97. The molecule has 0 amide bonds. The van der Waals surface area contributed by atoms with E-state index >= 15 is 0 Å². The Morgan fingerprint density at radius 1 is 1.41 bits per heavy atom. The van der Waals surface area contributed by atoms with Crippen LogP contribution in [-0.4, -0.2) is 21.9 Å². The summed E-state index contributed by atoms with van der Waals surface area (Å²) >= 11 is 0. The van der Waals surface area contributed by atoms with E-state index in [1.165, 1.54) is 50.6 Å². The van der Waals surface area contributed by atoms with Crippen LogP contribution in [0.2, 0.25) is 0 Å². The van der Waals surface area contributed by atoms with E-state index in [1.54, 1.807) is 0 Å². The van der Waals surface area contributed by atoms with E-state index in [0.29, 0.717) is 5.54 Å². The van der Waals surface area contributed by atoms with Gasteiger partial charge in [0, 0.05) is 18.8 Å². The number of aromatic nitrogens is 2. The Morgan fingerprint density at radius 2 is 2.29 bits per heavy atom. The fraction of sp³-hybridized carbons (Fsp3) is 0.786. The van der Waals surface area contributed by atoms with E-state index < -0.39 is 0 Å². The molecule has 96 valence electrons. The number of hydrogen-bond acceptors (Lipinski definition) is 2. The molecule has 0 aromatic carbocycles. The van der Waals surface area contributed by atoms with Crippen LogP contribution in [0, 0.1) is 0 Å². The van der Waals surface area contributed by atoms with Gasteiger partial charge in [-0.05, 0) is 37.8 Å². The van der Waals surface area contributed by atoms with E-state index in [2.05, 4.69) is 23.5 Å². The summed E-state index contributed by atoms with van der Waals surface area (Å²) in [6.45, 7) is 3.47. The lowest BCUT2D eigenvalue weighted by Crippen LogP contribution is -2.46. The molecular weight excluding hydrogens is 210 g/mol. The van der Waals surface area contributed by atoms with Crippen LogP contribution < -0.4 is 5.32 Å². The number of nitrogens with one attached hydrogen (secondary N) is 1. The van der Waals surface area contributed by atoms with Crippen molar-refractivity contribution in [3.05, 3.63) is 18.0 Å². The molecule has 1 aromatic heterocycles. The fourth-order valence-corrected chi connectivity index (χ4v) is 3.09. The van der Waals surface area contributed by atoms with Gasteiger partial charge in [0.2, 0.25) is 0 Å². The van der Waals surface area contributed by atoms with Crippen LogP contribution in [0.3, 0.4) is 0 Å². The summed E-state index contributed by atoms with van der Waals surface area (Å²) in [5, 5.41) is 8.10. The molecule has 2 heterocycles. The lowest BCUT2D eigenvalue weighted by atomic mass is 9.83. The van der Waals surface area contributed by atoms with E-state index in [-0.39, 0.29) is 0 Å². The maximum Gasteiger partial charge on any atom is 0.0522 e. The smallest absolute Gasteiger partial charge is 0.0522 e. The third kappa shape index (κ3) is 3.32. The maximum atomic E-state index is 4.29. The van der Waals surface area contributed by atoms with Crippen molar-refractivity contribution in [2.75, 3.05) is 6.54 Å². The zero-order chi connectivity index (χ0) is 12.1. The second kappa shape index (κ2) is 5.67. The normalized spacial score (nSPS) is 25.8. The van der Waals surface area contributed by atoms with Gasteiger partial charge < -0.3 is 5.32 Å². The van der Waals surface area contributed by atoms with Crippen molar-refractivity contribution in [2.45, 2.75) is 57.4 Å². The van der Waals surface area contributed by atoms with Crippen LogP contribution >= 0.6 is 0 Å². The topological polar surface area (TPSA) is 29.9 Å². The summed E-state index contributed by atoms with van der Waals surface area (Å²) in [5.41, 5.74) is 1.70. The van der Waals surface area contributed by atoms with Gasteiger partial charge in [0.1, 0.15) is 0 Å². The SMILES string of the molecule is CCCC1(Cc2cnn(C)c2)CCCCCN1. The highest BCUT2D eigenvalue weighted by atomic mass is 15.2. The number of aryl methyl sites for hydroxylation is 1. The minimum absolute atomic E-state index is 0.328. The Balaban J connectivity index is 2.09. The first-order valence-electron chi connectivity index (χ1n) is 6.97. The van der Waals surface area contributed by atoms with Gasteiger partial charge in [-0.3, -0.25) is 4.68 Å². The fourth-order valence-electron chi connectivity index (χ4n) is 3.09. The molecule has 1 atom stereocenters. The molecule has 3 heteroatoms. The molecule has 0 bridgehead atoms. The molecule has 3 nitrogen and oxygen atoms in total. The summed E-state index contributed by atoms with van der Waals surface area (Å²) in [7, 11) is 2.00. The third-order valence-electron chi connectivity index (χ3n) is 3.86. The van der Waals surface area contributed by atoms with Gasteiger partial charge in [-0.25, -0.2) is 0 Å². The van der Waals surface area contributed by atoms with Crippen molar-refractivity contribution >= 4 is 0 Å². The lowest BCUT2D eigenvalue weighted by Gasteiger charge is -2.33. The molecule has 0 radical (unpaired) electrons. The van der Waals surface area contributed by atoms with Crippen molar-refractivity contribution in [1.29, 1.82) is 0 Å². The zero-order valence-corrected chi connectivity index (χ0v) is 11.2. The molecule has 1 aromatic rings. The van der Waals surface area contributed by atoms with Crippen molar-refractivity contribution in [2.24, 2.45) is 7.05 Å². The monoisotopic (exact) mass is 235 g/mol. The molecule has 1 saturated heterocycles. The van der Waals surface area contributed by atoms with Crippen LogP contribution in [0.15, 0.2) is 12.4 Å². The molecular formula is C14H25N3. The van der Waals surface area contributed by atoms with E-state index in [4.69, 9.17) is 0 Å². The molecule has 0 saturated carbocycles. The van der Waals surface area contributed by atoms with Crippen LogP contribution in [0.5, 0.6) is 0 Å². The van der Waals surface area contributed by atoms with Gasteiger partial charge in [0.05, 0.1) is 6.20 Å². The Morgan fingerprint density at radius 3 is 3.00 bits per heavy atom. The largest absolute Gasteiger partial charge is 0.311 e. The predicted octanol–water partition coefficient (Wildman–Crippen LogP) is 2.67. The van der Waals surface area contributed by atoms with Gasteiger partial charge in [-0.1, -0.05) is 26.2 Å². The summed E-state index contributed by atoms with van der Waals surface area (Å²) in [6, 6.07) is 0. The highest BCUT2D eigenvalue weighted by molar-refractivity contribution is 5.10. The van der Waals surface area contributed by atoms with Gasteiger partial charge in [0.25, 0.3) is 0 Å². The standard InChI is InChI=1S/C14H25N3/c1-3-7-14(8-5-4-6-9-15-14)10-13-11-16-17(2)12-13/h11-12,15H,3-10H2,1-2H3. The van der Waals surface area contributed by atoms with Crippen molar-refractivity contribution in [3.63, 3.8) is 0 Å². The van der Waals surface area contributed by atoms with Gasteiger partial charge >= 0.3 is 0 Å². The zero-order valence-electron chi connectivity index (χ0n) is 11.2. The second-order valence-corrected chi connectivity index (χ2v) is 5.47. The molecule has 1 aliphatic heterocycles. The molecule has 17 heavy (non-hydrogen) atoms. The Labute approximate surface area is 105 Å². The molecule has 1 N–H and O–H groups in total. The summed E-state index contributed by atoms with van der Waals surface area (Å²) < 4.78 is 1.91. The molecule has 0 aliphatic carbocycles. The summed E-state index contributed by atoms with van der Waals surface area (Å²) in [4.78, 5) is 0. The molecule has 1 aliphatic rings.